The average Bonchev–Trinajstić information content (AvgIpc) is 2.88. The van der Waals surface area contributed by atoms with Crippen molar-refractivity contribution < 1.29 is 9.47 Å². The lowest BCUT2D eigenvalue weighted by Crippen LogP contribution is -2.41. The van der Waals surface area contributed by atoms with Crippen LogP contribution in [0.5, 0.6) is 11.5 Å². The average molecular weight is 487 g/mol. The molecule has 0 fully saturated rings. The normalized spacial score (nSPS) is 10.8. The fraction of sp³-hybridized carbons (Fsp3) is 0.250. The molecule has 0 bridgehead atoms. The smallest absolute Gasteiger partial charge is 0.333 e. The largest absolute Gasteiger partial charge is 0.497 e. The highest BCUT2D eigenvalue weighted by molar-refractivity contribution is 5.39. The van der Waals surface area contributed by atoms with E-state index in [4.69, 9.17) is 9.47 Å². The van der Waals surface area contributed by atoms with Gasteiger partial charge in [-0.25, -0.2) is 4.79 Å². The quantitative estimate of drug-likeness (QED) is 0.388. The number of hydrogen-bond donors (Lipinski definition) is 1. The Morgan fingerprint density at radius 3 is 1.89 bits per heavy atom. The lowest BCUT2D eigenvalue weighted by atomic mass is 10.1. The Hall–Kier alpha value is -4.33. The summed E-state index contributed by atoms with van der Waals surface area (Å²) in [6.45, 7) is 4.84. The third-order valence-electron chi connectivity index (χ3n) is 6.09. The summed E-state index contributed by atoms with van der Waals surface area (Å²) >= 11 is 0. The third-order valence-corrected chi connectivity index (χ3v) is 6.09. The van der Waals surface area contributed by atoms with Crippen molar-refractivity contribution in [3.05, 3.63) is 116 Å². The molecule has 2 heterocycles. The van der Waals surface area contributed by atoms with Crippen LogP contribution in [0.3, 0.4) is 0 Å². The van der Waals surface area contributed by atoms with Gasteiger partial charge in [-0.05, 0) is 66.4 Å². The van der Waals surface area contributed by atoms with Gasteiger partial charge >= 0.3 is 5.69 Å². The molecule has 0 aliphatic rings. The van der Waals surface area contributed by atoms with Gasteiger partial charge in [-0.1, -0.05) is 24.3 Å². The van der Waals surface area contributed by atoms with E-state index in [0.29, 0.717) is 24.7 Å². The molecule has 0 saturated carbocycles. The van der Waals surface area contributed by atoms with E-state index in [1.165, 1.54) is 10.6 Å². The van der Waals surface area contributed by atoms with Crippen LogP contribution in [-0.2, 0) is 19.6 Å². The molecule has 0 radical (unpaired) electrons. The molecular formula is C28H30N4O4. The van der Waals surface area contributed by atoms with Gasteiger partial charge in [0, 0.05) is 24.5 Å². The fourth-order valence-corrected chi connectivity index (χ4v) is 3.98. The summed E-state index contributed by atoms with van der Waals surface area (Å²) in [5, 5.41) is 3.29. The highest BCUT2D eigenvalue weighted by Crippen LogP contribution is 2.16. The molecule has 1 N–H and O–H groups in total. The Bertz CT molecular complexity index is 1460. The maximum absolute atomic E-state index is 13.6. The van der Waals surface area contributed by atoms with Crippen LogP contribution in [0.1, 0.15) is 27.9 Å². The van der Waals surface area contributed by atoms with E-state index in [1.54, 1.807) is 18.8 Å². The molecule has 2 aromatic carbocycles. The first-order valence-electron chi connectivity index (χ1n) is 11.6. The number of benzene rings is 2. The van der Waals surface area contributed by atoms with Crippen LogP contribution in [0.2, 0.25) is 0 Å². The number of ether oxygens (including phenoxy) is 2. The first-order valence-corrected chi connectivity index (χ1v) is 11.6. The Labute approximate surface area is 209 Å². The number of aromatic nitrogens is 3. The zero-order valence-electron chi connectivity index (χ0n) is 20.9. The molecule has 2 aromatic heterocycles. The highest BCUT2D eigenvalue weighted by atomic mass is 16.5. The standard InChI is InChI=1S/C28H30N4O4/c1-19-13-20(2)29-15-23(19)16-30-26-14-27(33)32(18-22-7-11-25(36-4)12-8-22)28(34)31(26)17-21-5-9-24(35-3)10-6-21/h5-15,30H,16-18H2,1-4H3. The molecular weight excluding hydrogens is 456 g/mol. The van der Waals surface area contributed by atoms with Crippen molar-refractivity contribution in [2.75, 3.05) is 19.5 Å². The van der Waals surface area contributed by atoms with Gasteiger partial charge < -0.3 is 14.8 Å². The predicted octanol–water partition coefficient (Wildman–Crippen LogP) is 3.75. The topological polar surface area (TPSA) is 87.4 Å². The number of pyridine rings is 1. The predicted molar refractivity (Wildman–Crippen MR) is 140 cm³/mol. The molecule has 0 spiro atoms. The SMILES string of the molecule is COc1ccc(Cn2c(NCc3cnc(C)cc3C)cc(=O)n(Cc3ccc(OC)cc3)c2=O)cc1. The molecule has 0 unspecified atom stereocenters. The van der Waals surface area contributed by atoms with Crippen molar-refractivity contribution in [2.45, 2.75) is 33.5 Å². The minimum Gasteiger partial charge on any atom is -0.497 e. The van der Waals surface area contributed by atoms with Crippen LogP contribution in [-0.4, -0.2) is 28.3 Å². The van der Waals surface area contributed by atoms with E-state index in [9.17, 15) is 9.59 Å². The third kappa shape index (κ3) is 5.66. The molecule has 8 heteroatoms. The second kappa shape index (κ2) is 10.9. The van der Waals surface area contributed by atoms with E-state index in [1.807, 2.05) is 74.6 Å². The fourth-order valence-electron chi connectivity index (χ4n) is 3.98. The number of aryl methyl sites for hydroxylation is 2. The van der Waals surface area contributed by atoms with Crippen molar-refractivity contribution in [3.63, 3.8) is 0 Å². The maximum atomic E-state index is 13.6. The summed E-state index contributed by atoms with van der Waals surface area (Å²) < 4.78 is 13.3. The second-order valence-electron chi connectivity index (χ2n) is 8.62. The van der Waals surface area contributed by atoms with Gasteiger partial charge in [-0.2, -0.15) is 0 Å². The monoisotopic (exact) mass is 486 g/mol. The summed E-state index contributed by atoms with van der Waals surface area (Å²) in [6, 6.07) is 18.3. The van der Waals surface area contributed by atoms with Crippen LogP contribution in [0.25, 0.3) is 0 Å². The lowest BCUT2D eigenvalue weighted by Gasteiger charge is -2.18. The minimum absolute atomic E-state index is 0.158. The zero-order chi connectivity index (χ0) is 25.7. The summed E-state index contributed by atoms with van der Waals surface area (Å²) in [5.41, 5.74) is 3.99. The molecule has 0 aliphatic carbocycles. The van der Waals surface area contributed by atoms with E-state index < -0.39 is 5.69 Å². The van der Waals surface area contributed by atoms with E-state index in [0.717, 1.165) is 33.7 Å². The Morgan fingerprint density at radius 1 is 0.806 bits per heavy atom. The van der Waals surface area contributed by atoms with Gasteiger partial charge in [0.25, 0.3) is 5.56 Å². The molecule has 0 aliphatic heterocycles. The van der Waals surface area contributed by atoms with Crippen LogP contribution in [0.4, 0.5) is 5.82 Å². The van der Waals surface area contributed by atoms with Crippen LogP contribution < -0.4 is 26.0 Å². The molecule has 4 rings (SSSR count). The summed E-state index contributed by atoms with van der Waals surface area (Å²) in [4.78, 5) is 31.0. The van der Waals surface area contributed by atoms with Gasteiger partial charge in [-0.3, -0.25) is 18.9 Å². The second-order valence-corrected chi connectivity index (χ2v) is 8.62. The molecule has 0 saturated heterocycles. The Balaban J connectivity index is 1.71. The summed E-state index contributed by atoms with van der Waals surface area (Å²) in [5.74, 6) is 1.89. The van der Waals surface area contributed by atoms with Crippen LogP contribution in [0, 0.1) is 13.8 Å². The molecule has 0 atom stereocenters. The van der Waals surface area contributed by atoms with Crippen molar-refractivity contribution in [1.29, 1.82) is 0 Å². The minimum atomic E-state index is -0.393. The van der Waals surface area contributed by atoms with Crippen molar-refractivity contribution in [2.24, 2.45) is 0 Å². The number of hydrogen-bond acceptors (Lipinski definition) is 6. The maximum Gasteiger partial charge on any atom is 0.333 e. The Morgan fingerprint density at radius 2 is 1.36 bits per heavy atom. The molecule has 8 nitrogen and oxygen atoms in total. The van der Waals surface area contributed by atoms with Crippen LogP contribution in [0.15, 0.2) is 76.4 Å². The van der Waals surface area contributed by atoms with Crippen molar-refractivity contribution >= 4 is 5.82 Å². The van der Waals surface area contributed by atoms with Gasteiger partial charge in [0.05, 0.1) is 27.3 Å². The van der Waals surface area contributed by atoms with E-state index in [2.05, 4.69) is 10.3 Å². The Kier molecular flexibility index (Phi) is 7.53. The molecule has 186 valence electrons. The summed E-state index contributed by atoms with van der Waals surface area (Å²) in [6.07, 6.45) is 1.81. The van der Waals surface area contributed by atoms with Crippen molar-refractivity contribution in [1.82, 2.24) is 14.1 Å². The summed E-state index contributed by atoms with van der Waals surface area (Å²) in [7, 11) is 3.20. The van der Waals surface area contributed by atoms with E-state index in [-0.39, 0.29) is 12.1 Å². The molecule has 0 amide bonds. The highest BCUT2D eigenvalue weighted by Gasteiger charge is 2.14. The lowest BCUT2D eigenvalue weighted by molar-refractivity contribution is 0.414. The van der Waals surface area contributed by atoms with Gasteiger partial charge in [0.2, 0.25) is 0 Å². The molecule has 36 heavy (non-hydrogen) atoms. The number of nitrogens with zero attached hydrogens (tertiary/aromatic N) is 3. The van der Waals surface area contributed by atoms with E-state index >= 15 is 0 Å². The van der Waals surface area contributed by atoms with Gasteiger partial charge in [0.15, 0.2) is 0 Å². The van der Waals surface area contributed by atoms with Gasteiger partial charge in [-0.15, -0.1) is 0 Å². The first-order chi connectivity index (χ1) is 17.4. The number of nitrogens with one attached hydrogen (secondary N) is 1. The first kappa shape index (κ1) is 24.8. The number of methoxy groups -OCH3 is 2. The molecule has 4 aromatic rings. The van der Waals surface area contributed by atoms with Crippen molar-refractivity contribution in [3.8, 4) is 11.5 Å². The number of anilines is 1. The number of rotatable bonds is 9. The van der Waals surface area contributed by atoms with Crippen LogP contribution >= 0.6 is 0 Å². The zero-order valence-corrected chi connectivity index (χ0v) is 20.9. The van der Waals surface area contributed by atoms with Gasteiger partial charge in [0.1, 0.15) is 17.3 Å².